The molecular weight excluding hydrogens is 351 g/mol. The quantitative estimate of drug-likeness (QED) is 0.622. The molecule has 0 spiro atoms. The lowest BCUT2D eigenvalue weighted by Crippen LogP contribution is -1.89. The molecule has 1 aliphatic carbocycles. The summed E-state index contributed by atoms with van der Waals surface area (Å²) in [6.45, 7) is 0. The third-order valence-corrected chi connectivity index (χ3v) is 3.74. The Bertz CT molecular complexity index is 387. The SMILES string of the molecule is Brc1ccc(C2=CC=C(I)CC2)cc1. The van der Waals surface area contributed by atoms with Gasteiger partial charge in [0, 0.05) is 4.47 Å². The van der Waals surface area contributed by atoms with Crippen LogP contribution in [0.2, 0.25) is 0 Å². The molecule has 0 heterocycles. The van der Waals surface area contributed by atoms with Crippen LogP contribution in [0.4, 0.5) is 0 Å². The van der Waals surface area contributed by atoms with Gasteiger partial charge in [0.05, 0.1) is 0 Å². The average molecular weight is 361 g/mol. The number of hydrogen-bond acceptors (Lipinski definition) is 0. The molecule has 2 heteroatoms. The van der Waals surface area contributed by atoms with E-state index < -0.39 is 0 Å². The molecule has 0 aromatic heterocycles. The summed E-state index contributed by atoms with van der Waals surface area (Å²) in [6, 6.07) is 8.53. The lowest BCUT2D eigenvalue weighted by molar-refractivity contribution is 1.05. The van der Waals surface area contributed by atoms with Gasteiger partial charge in [0.15, 0.2) is 0 Å². The van der Waals surface area contributed by atoms with Gasteiger partial charge in [-0.2, -0.15) is 0 Å². The normalized spacial score (nSPS) is 16.1. The van der Waals surface area contributed by atoms with Crippen LogP contribution in [0.3, 0.4) is 0 Å². The molecule has 2 rings (SSSR count). The van der Waals surface area contributed by atoms with Gasteiger partial charge in [-0.1, -0.05) is 40.2 Å². The molecule has 0 radical (unpaired) electrons. The van der Waals surface area contributed by atoms with Gasteiger partial charge in [-0.15, -0.1) is 0 Å². The molecule has 0 bridgehead atoms. The topological polar surface area (TPSA) is 0 Å². The number of benzene rings is 1. The summed E-state index contributed by atoms with van der Waals surface area (Å²) < 4.78 is 2.59. The van der Waals surface area contributed by atoms with E-state index in [1.54, 1.807) is 0 Å². The zero-order valence-corrected chi connectivity index (χ0v) is 11.4. The van der Waals surface area contributed by atoms with Crippen molar-refractivity contribution in [3.05, 3.63) is 50.0 Å². The van der Waals surface area contributed by atoms with Crippen LogP contribution in [-0.2, 0) is 0 Å². The van der Waals surface area contributed by atoms with Crippen molar-refractivity contribution in [2.75, 3.05) is 0 Å². The number of halogens is 2. The molecule has 0 atom stereocenters. The second-order valence-electron chi connectivity index (χ2n) is 3.31. The molecule has 1 aromatic carbocycles. The van der Waals surface area contributed by atoms with Gasteiger partial charge >= 0.3 is 0 Å². The fourth-order valence-electron chi connectivity index (χ4n) is 1.52. The Kier molecular flexibility index (Phi) is 3.44. The lowest BCUT2D eigenvalue weighted by atomic mass is 9.98. The summed E-state index contributed by atoms with van der Waals surface area (Å²) in [6.07, 6.45) is 6.79. The Morgan fingerprint density at radius 3 is 2.29 bits per heavy atom. The molecule has 0 fully saturated rings. The molecule has 72 valence electrons. The first-order valence-corrected chi connectivity index (χ1v) is 6.44. The van der Waals surface area contributed by atoms with Crippen LogP contribution in [0.1, 0.15) is 18.4 Å². The fourth-order valence-corrected chi connectivity index (χ4v) is 2.23. The Morgan fingerprint density at radius 1 is 1.00 bits per heavy atom. The maximum Gasteiger partial charge on any atom is 0.0175 e. The molecule has 1 aliphatic rings. The zero-order chi connectivity index (χ0) is 9.97. The minimum absolute atomic E-state index is 1.14. The van der Waals surface area contributed by atoms with E-state index in [0.29, 0.717) is 0 Å². The van der Waals surface area contributed by atoms with Crippen molar-refractivity contribution >= 4 is 44.1 Å². The molecule has 0 aliphatic heterocycles. The smallest absolute Gasteiger partial charge is 0.0175 e. The van der Waals surface area contributed by atoms with E-state index in [-0.39, 0.29) is 0 Å². The van der Waals surface area contributed by atoms with E-state index in [0.717, 1.165) is 10.9 Å². The third-order valence-electron chi connectivity index (χ3n) is 2.31. The predicted molar refractivity (Wildman–Crippen MR) is 73.5 cm³/mol. The van der Waals surface area contributed by atoms with Gasteiger partial charge in [-0.25, -0.2) is 0 Å². The van der Waals surface area contributed by atoms with Gasteiger partial charge < -0.3 is 0 Å². The largest absolute Gasteiger partial charge is 0.0577 e. The summed E-state index contributed by atoms with van der Waals surface area (Å²) in [4.78, 5) is 0. The van der Waals surface area contributed by atoms with Crippen LogP contribution in [0, 0.1) is 0 Å². The highest BCUT2D eigenvalue weighted by Gasteiger charge is 2.05. The minimum atomic E-state index is 1.14. The highest BCUT2D eigenvalue weighted by molar-refractivity contribution is 14.1. The van der Waals surface area contributed by atoms with Crippen LogP contribution in [0.15, 0.2) is 44.5 Å². The molecule has 0 nitrogen and oxygen atoms in total. The summed E-state index contributed by atoms with van der Waals surface area (Å²) in [5.41, 5.74) is 2.78. The van der Waals surface area contributed by atoms with E-state index in [9.17, 15) is 0 Å². The van der Waals surface area contributed by atoms with Crippen molar-refractivity contribution in [2.45, 2.75) is 12.8 Å². The Morgan fingerprint density at radius 2 is 1.71 bits per heavy atom. The van der Waals surface area contributed by atoms with Gasteiger partial charge in [0.2, 0.25) is 0 Å². The Hall–Kier alpha value is -0.0900. The first kappa shape index (κ1) is 10.4. The fraction of sp³-hybridized carbons (Fsp3) is 0.167. The van der Waals surface area contributed by atoms with Crippen molar-refractivity contribution < 1.29 is 0 Å². The predicted octanol–water partition coefficient (Wildman–Crippen LogP) is 4.95. The standard InChI is InChI=1S/C12H10BrI/c13-11-5-1-9(2-6-11)10-3-7-12(14)8-4-10/h1-3,5-7H,4,8H2. The molecule has 0 unspecified atom stereocenters. The van der Waals surface area contributed by atoms with Crippen molar-refractivity contribution in [2.24, 2.45) is 0 Å². The van der Waals surface area contributed by atoms with Gasteiger partial charge in [-0.05, 0) is 62.3 Å². The van der Waals surface area contributed by atoms with E-state index in [2.05, 4.69) is 74.9 Å². The van der Waals surface area contributed by atoms with E-state index in [1.807, 2.05) is 0 Å². The Labute approximate surface area is 106 Å². The third kappa shape index (κ3) is 2.48. The van der Waals surface area contributed by atoms with Crippen LogP contribution in [0.5, 0.6) is 0 Å². The monoisotopic (exact) mass is 360 g/mol. The van der Waals surface area contributed by atoms with Gasteiger partial charge in [0.1, 0.15) is 0 Å². The van der Waals surface area contributed by atoms with Crippen molar-refractivity contribution in [3.63, 3.8) is 0 Å². The second-order valence-corrected chi connectivity index (χ2v) is 5.61. The van der Waals surface area contributed by atoms with Crippen molar-refractivity contribution in [3.8, 4) is 0 Å². The van der Waals surface area contributed by atoms with E-state index in [1.165, 1.54) is 21.1 Å². The molecule has 1 aromatic rings. The minimum Gasteiger partial charge on any atom is -0.0577 e. The average Bonchev–Trinajstić information content (AvgIpc) is 2.21. The Balaban J connectivity index is 2.28. The summed E-state index contributed by atoms with van der Waals surface area (Å²) in [5, 5.41) is 0. The van der Waals surface area contributed by atoms with Crippen molar-refractivity contribution in [1.82, 2.24) is 0 Å². The highest BCUT2D eigenvalue weighted by Crippen LogP contribution is 2.29. The maximum atomic E-state index is 3.45. The summed E-state index contributed by atoms with van der Waals surface area (Å²) in [5.74, 6) is 0. The molecule has 0 amide bonds. The number of hydrogen-bond donors (Lipinski definition) is 0. The number of allylic oxidation sites excluding steroid dienone is 4. The van der Waals surface area contributed by atoms with Crippen LogP contribution in [0.25, 0.3) is 5.57 Å². The van der Waals surface area contributed by atoms with E-state index >= 15 is 0 Å². The summed E-state index contributed by atoms with van der Waals surface area (Å²) in [7, 11) is 0. The molecular formula is C12H10BrI. The highest BCUT2D eigenvalue weighted by atomic mass is 127. The first-order chi connectivity index (χ1) is 6.75. The van der Waals surface area contributed by atoms with Crippen LogP contribution >= 0.6 is 38.5 Å². The van der Waals surface area contributed by atoms with Gasteiger partial charge in [-0.3, -0.25) is 0 Å². The maximum absolute atomic E-state index is 3.45. The van der Waals surface area contributed by atoms with Crippen LogP contribution in [-0.4, -0.2) is 0 Å². The summed E-state index contributed by atoms with van der Waals surface area (Å²) >= 11 is 5.85. The molecule has 14 heavy (non-hydrogen) atoms. The molecule has 0 saturated carbocycles. The van der Waals surface area contributed by atoms with Gasteiger partial charge in [0.25, 0.3) is 0 Å². The number of rotatable bonds is 1. The van der Waals surface area contributed by atoms with E-state index in [4.69, 9.17) is 0 Å². The van der Waals surface area contributed by atoms with Crippen LogP contribution < -0.4 is 0 Å². The zero-order valence-electron chi connectivity index (χ0n) is 7.63. The lowest BCUT2D eigenvalue weighted by Gasteiger charge is -2.11. The molecule has 0 saturated heterocycles. The second kappa shape index (κ2) is 4.62. The van der Waals surface area contributed by atoms with Crippen molar-refractivity contribution in [1.29, 1.82) is 0 Å². The first-order valence-electron chi connectivity index (χ1n) is 4.57. The molecule has 0 N–H and O–H groups in total.